The van der Waals surface area contributed by atoms with Crippen LogP contribution in [0.25, 0.3) is 0 Å². The molecular formula is C17H25N3O3. The Hall–Kier alpha value is -2.08. The van der Waals surface area contributed by atoms with Gasteiger partial charge in [0.25, 0.3) is 5.91 Å². The third kappa shape index (κ3) is 6.28. The summed E-state index contributed by atoms with van der Waals surface area (Å²) in [4.78, 5) is 23.2. The van der Waals surface area contributed by atoms with E-state index in [1.54, 1.807) is 0 Å². The smallest absolute Gasteiger partial charge is 0.258 e. The van der Waals surface area contributed by atoms with E-state index in [1.165, 1.54) is 0 Å². The van der Waals surface area contributed by atoms with Gasteiger partial charge in [0.2, 0.25) is 5.91 Å². The van der Waals surface area contributed by atoms with Crippen molar-refractivity contribution >= 4 is 11.8 Å². The summed E-state index contributed by atoms with van der Waals surface area (Å²) < 4.78 is 5.45. The molecule has 1 saturated carbocycles. The first kappa shape index (κ1) is 17.3. The number of amides is 2. The van der Waals surface area contributed by atoms with Gasteiger partial charge in [-0.15, -0.1) is 0 Å². The van der Waals surface area contributed by atoms with E-state index in [1.807, 2.05) is 31.2 Å². The van der Waals surface area contributed by atoms with Crippen molar-refractivity contribution in [1.29, 1.82) is 0 Å². The van der Waals surface area contributed by atoms with Gasteiger partial charge in [0.1, 0.15) is 5.75 Å². The lowest BCUT2D eigenvalue weighted by atomic mass is 10.1. The Morgan fingerprint density at radius 2 is 1.96 bits per heavy atom. The van der Waals surface area contributed by atoms with Gasteiger partial charge in [-0.05, 0) is 50.4 Å². The number of hydrogen-bond acceptors (Lipinski definition) is 4. The minimum absolute atomic E-state index is 0.0000218. The number of ether oxygens (including phenoxy) is 1. The molecule has 126 valence electrons. The minimum Gasteiger partial charge on any atom is -0.484 e. The topological polar surface area (TPSA) is 93.5 Å². The van der Waals surface area contributed by atoms with Crippen molar-refractivity contribution in [2.75, 3.05) is 13.2 Å². The van der Waals surface area contributed by atoms with Crippen LogP contribution in [0, 0.1) is 0 Å². The van der Waals surface area contributed by atoms with Gasteiger partial charge >= 0.3 is 0 Å². The van der Waals surface area contributed by atoms with Crippen LogP contribution in [0.3, 0.4) is 0 Å². The zero-order chi connectivity index (χ0) is 16.7. The molecule has 0 bridgehead atoms. The molecule has 6 nitrogen and oxygen atoms in total. The molecule has 2 rings (SSSR count). The Labute approximate surface area is 136 Å². The highest BCUT2D eigenvalue weighted by Crippen LogP contribution is 2.19. The normalized spacial score (nSPS) is 14.9. The van der Waals surface area contributed by atoms with Gasteiger partial charge in [0.05, 0.1) is 6.04 Å². The van der Waals surface area contributed by atoms with Crippen molar-refractivity contribution in [1.82, 2.24) is 10.6 Å². The molecule has 1 aliphatic rings. The maximum atomic E-state index is 11.7. The number of carbonyl (C=O) groups excluding carboxylic acids is 2. The fourth-order valence-electron chi connectivity index (χ4n) is 2.16. The zero-order valence-corrected chi connectivity index (χ0v) is 13.5. The van der Waals surface area contributed by atoms with Crippen LogP contribution in [-0.4, -0.2) is 31.0 Å². The average molecular weight is 319 g/mol. The van der Waals surface area contributed by atoms with E-state index in [2.05, 4.69) is 10.6 Å². The lowest BCUT2D eigenvalue weighted by Crippen LogP contribution is -2.30. The molecule has 0 heterocycles. The number of rotatable bonds is 9. The van der Waals surface area contributed by atoms with E-state index in [-0.39, 0.29) is 24.5 Å². The van der Waals surface area contributed by atoms with Crippen LogP contribution in [0.1, 0.15) is 44.2 Å². The predicted molar refractivity (Wildman–Crippen MR) is 87.9 cm³/mol. The summed E-state index contributed by atoms with van der Waals surface area (Å²) >= 11 is 0. The van der Waals surface area contributed by atoms with Crippen molar-refractivity contribution in [3.63, 3.8) is 0 Å². The van der Waals surface area contributed by atoms with Crippen LogP contribution in [-0.2, 0) is 9.59 Å². The predicted octanol–water partition coefficient (Wildman–Crippen LogP) is 1.26. The van der Waals surface area contributed by atoms with Crippen molar-refractivity contribution in [3.8, 4) is 5.75 Å². The Morgan fingerprint density at radius 1 is 1.26 bits per heavy atom. The third-order valence-electron chi connectivity index (χ3n) is 3.68. The first-order chi connectivity index (χ1) is 11.1. The summed E-state index contributed by atoms with van der Waals surface area (Å²) in [6.07, 6.45) is 3.26. The summed E-state index contributed by atoms with van der Waals surface area (Å²) in [5.41, 5.74) is 6.38. The lowest BCUT2D eigenvalue weighted by Gasteiger charge is -2.15. The minimum atomic E-state index is -0.0860. The van der Waals surface area contributed by atoms with Gasteiger partial charge in [0.15, 0.2) is 6.61 Å². The van der Waals surface area contributed by atoms with Crippen LogP contribution >= 0.6 is 0 Å². The Morgan fingerprint density at radius 3 is 2.57 bits per heavy atom. The summed E-state index contributed by atoms with van der Waals surface area (Å²) in [6, 6.07) is 7.67. The number of nitrogens with one attached hydrogen (secondary N) is 2. The second-order valence-corrected chi connectivity index (χ2v) is 5.88. The Bertz CT molecular complexity index is 526. The van der Waals surface area contributed by atoms with E-state index in [4.69, 9.17) is 10.5 Å². The molecule has 1 aliphatic carbocycles. The van der Waals surface area contributed by atoms with Crippen LogP contribution in [0.4, 0.5) is 0 Å². The van der Waals surface area contributed by atoms with Gasteiger partial charge < -0.3 is 21.1 Å². The highest BCUT2D eigenvalue weighted by molar-refractivity contribution is 5.78. The maximum absolute atomic E-state index is 11.7. The molecule has 1 aromatic rings. The molecule has 0 spiro atoms. The largest absolute Gasteiger partial charge is 0.484 e. The van der Waals surface area contributed by atoms with Crippen molar-refractivity contribution < 1.29 is 14.3 Å². The number of carbonyl (C=O) groups is 2. The van der Waals surface area contributed by atoms with E-state index < -0.39 is 0 Å². The summed E-state index contributed by atoms with van der Waals surface area (Å²) in [5.74, 6) is 0.554. The quantitative estimate of drug-likeness (QED) is 0.639. The van der Waals surface area contributed by atoms with E-state index in [0.717, 1.165) is 18.4 Å². The molecule has 6 heteroatoms. The SMILES string of the molecule is CC(NC(=O)CCCN)c1ccc(OCC(=O)NC2CC2)cc1. The molecule has 0 aromatic heterocycles. The second kappa shape index (κ2) is 8.53. The van der Waals surface area contributed by atoms with Gasteiger partial charge in [-0.1, -0.05) is 12.1 Å². The van der Waals surface area contributed by atoms with E-state index in [9.17, 15) is 9.59 Å². The number of hydrogen-bond donors (Lipinski definition) is 3. The Kier molecular flexibility index (Phi) is 6.40. The average Bonchev–Trinajstić information content (AvgIpc) is 3.35. The van der Waals surface area contributed by atoms with E-state index in [0.29, 0.717) is 31.2 Å². The lowest BCUT2D eigenvalue weighted by molar-refractivity contribution is -0.123. The maximum Gasteiger partial charge on any atom is 0.258 e. The molecular weight excluding hydrogens is 294 g/mol. The molecule has 2 amide bonds. The summed E-state index contributed by atoms with van der Waals surface area (Å²) in [5, 5.41) is 5.80. The highest BCUT2D eigenvalue weighted by Gasteiger charge is 2.23. The van der Waals surface area contributed by atoms with Crippen molar-refractivity contribution in [2.24, 2.45) is 5.73 Å². The molecule has 0 aliphatic heterocycles. The Balaban J connectivity index is 1.76. The van der Waals surface area contributed by atoms with Crippen LogP contribution in [0.2, 0.25) is 0 Å². The molecule has 0 radical (unpaired) electrons. The fraction of sp³-hybridized carbons (Fsp3) is 0.529. The fourth-order valence-corrected chi connectivity index (χ4v) is 2.16. The van der Waals surface area contributed by atoms with Gasteiger partial charge in [-0.25, -0.2) is 0 Å². The number of nitrogens with two attached hydrogens (primary N) is 1. The third-order valence-corrected chi connectivity index (χ3v) is 3.68. The first-order valence-corrected chi connectivity index (χ1v) is 8.10. The first-order valence-electron chi connectivity index (χ1n) is 8.10. The van der Waals surface area contributed by atoms with Gasteiger partial charge in [0, 0.05) is 12.5 Å². The monoisotopic (exact) mass is 319 g/mol. The van der Waals surface area contributed by atoms with Crippen LogP contribution in [0.5, 0.6) is 5.75 Å². The molecule has 0 saturated heterocycles. The molecule has 23 heavy (non-hydrogen) atoms. The van der Waals surface area contributed by atoms with Gasteiger partial charge in [-0.3, -0.25) is 9.59 Å². The molecule has 1 unspecified atom stereocenters. The van der Waals surface area contributed by atoms with Crippen molar-refractivity contribution in [3.05, 3.63) is 29.8 Å². The standard InChI is InChI=1S/C17H25N3O3/c1-12(19-16(21)3-2-10-18)13-4-8-15(9-5-13)23-11-17(22)20-14-6-7-14/h4-5,8-9,12,14H,2-3,6-7,10-11,18H2,1H3,(H,19,21)(H,20,22). The van der Waals surface area contributed by atoms with Crippen molar-refractivity contribution in [2.45, 2.75) is 44.7 Å². The summed E-state index contributed by atoms with van der Waals surface area (Å²) in [7, 11) is 0. The van der Waals surface area contributed by atoms with Crippen LogP contribution in [0.15, 0.2) is 24.3 Å². The van der Waals surface area contributed by atoms with E-state index >= 15 is 0 Å². The molecule has 1 aromatic carbocycles. The number of benzene rings is 1. The van der Waals surface area contributed by atoms with Gasteiger partial charge in [-0.2, -0.15) is 0 Å². The highest BCUT2D eigenvalue weighted by atomic mass is 16.5. The zero-order valence-electron chi connectivity index (χ0n) is 13.5. The second-order valence-electron chi connectivity index (χ2n) is 5.88. The molecule has 1 atom stereocenters. The molecule has 1 fully saturated rings. The van der Waals surface area contributed by atoms with Crippen LogP contribution < -0.4 is 21.1 Å². The summed E-state index contributed by atoms with van der Waals surface area (Å²) in [6.45, 7) is 2.47. The molecule has 4 N–H and O–H groups in total.